The zero-order valence-corrected chi connectivity index (χ0v) is 13.4. The number of benzene rings is 1. The summed E-state index contributed by atoms with van der Waals surface area (Å²) in [5.41, 5.74) is 1.48. The van der Waals surface area contributed by atoms with Crippen LogP contribution in [-0.4, -0.2) is 25.7 Å². The standard InChI is InChI=1S/C17H17N5O2/c1-11-8-14(23)13(10-22(11)2)17(24)18-9-15-19-16(21-20-15)12-6-4-3-5-7-12/h3-8,10H,9H2,1-2H3,(H,18,24)(H,19,20,21). The molecule has 0 aliphatic heterocycles. The number of aromatic amines is 1. The maximum Gasteiger partial charge on any atom is 0.257 e. The lowest BCUT2D eigenvalue weighted by Gasteiger charge is -2.07. The molecule has 7 heteroatoms. The summed E-state index contributed by atoms with van der Waals surface area (Å²) in [6.07, 6.45) is 1.53. The van der Waals surface area contributed by atoms with Crippen molar-refractivity contribution in [1.29, 1.82) is 0 Å². The van der Waals surface area contributed by atoms with Crippen molar-refractivity contribution in [3.05, 3.63) is 69.9 Å². The number of aryl methyl sites for hydroxylation is 2. The van der Waals surface area contributed by atoms with E-state index in [1.165, 1.54) is 12.3 Å². The second kappa shape index (κ2) is 6.49. The van der Waals surface area contributed by atoms with Crippen molar-refractivity contribution in [2.24, 2.45) is 7.05 Å². The van der Waals surface area contributed by atoms with Gasteiger partial charge in [0.25, 0.3) is 5.91 Å². The van der Waals surface area contributed by atoms with Crippen molar-refractivity contribution in [2.75, 3.05) is 0 Å². The molecule has 0 radical (unpaired) electrons. The maximum atomic E-state index is 12.2. The molecule has 2 heterocycles. The zero-order valence-electron chi connectivity index (χ0n) is 13.4. The lowest BCUT2D eigenvalue weighted by atomic mass is 10.2. The number of nitrogens with zero attached hydrogens (tertiary/aromatic N) is 3. The first-order valence-corrected chi connectivity index (χ1v) is 7.47. The third kappa shape index (κ3) is 3.24. The SMILES string of the molecule is Cc1cc(=O)c(C(=O)NCc2nc(-c3ccccc3)n[nH]2)cn1C. The van der Waals surface area contributed by atoms with E-state index in [0.29, 0.717) is 11.6 Å². The second-order valence-corrected chi connectivity index (χ2v) is 5.46. The number of carbonyl (C=O) groups excluding carboxylic acids is 1. The molecule has 3 rings (SSSR count). The van der Waals surface area contributed by atoms with Gasteiger partial charge in [0.15, 0.2) is 11.3 Å². The fourth-order valence-corrected chi connectivity index (χ4v) is 2.25. The van der Waals surface area contributed by atoms with Gasteiger partial charge in [-0.15, -0.1) is 0 Å². The van der Waals surface area contributed by atoms with E-state index in [1.54, 1.807) is 11.6 Å². The van der Waals surface area contributed by atoms with Gasteiger partial charge < -0.3 is 9.88 Å². The molecule has 0 aliphatic rings. The largest absolute Gasteiger partial charge is 0.354 e. The van der Waals surface area contributed by atoms with Crippen LogP contribution in [0.15, 0.2) is 47.4 Å². The summed E-state index contributed by atoms with van der Waals surface area (Å²) in [6.45, 7) is 1.97. The lowest BCUT2D eigenvalue weighted by molar-refractivity contribution is 0.0948. The van der Waals surface area contributed by atoms with Gasteiger partial charge in [-0.25, -0.2) is 4.98 Å². The fourth-order valence-electron chi connectivity index (χ4n) is 2.25. The van der Waals surface area contributed by atoms with Gasteiger partial charge in [0.05, 0.1) is 6.54 Å². The molecule has 0 atom stereocenters. The summed E-state index contributed by atoms with van der Waals surface area (Å²) < 4.78 is 1.73. The first-order valence-electron chi connectivity index (χ1n) is 7.47. The normalized spacial score (nSPS) is 10.6. The van der Waals surface area contributed by atoms with Crippen molar-refractivity contribution < 1.29 is 4.79 Å². The highest BCUT2D eigenvalue weighted by Gasteiger charge is 2.12. The number of H-pyrrole nitrogens is 1. The topological polar surface area (TPSA) is 92.7 Å². The van der Waals surface area contributed by atoms with Crippen molar-refractivity contribution in [1.82, 2.24) is 25.1 Å². The van der Waals surface area contributed by atoms with Crippen LogP contribution in [0, 0.1) is 6.92 Å². The molecule has 0 aliphatic carbocycles. The lowest BCUT2D eigenvalue weighted by Crippen LogP contribution is -2.29. The van der Waals surface area contributed by atoms with Gasteiger partial charge in [-0.05, 0) is 6.92 Å². The van der Waals surface area contributed by atoms with Crippen molar-refractivity contribution in [3.63, 3.8) is 0 Å². The van der Waals surface area contributed by atoms with Gasteiger partial charge in [0, 0.05) is 30.6 Å². The second-order valence-electron chi connectivity index (χ2n) is 5.46. The molecule has 24 heavy (non-hydrogen) atoms. The molecule has 0 spiro atoms. The summed E-state index contributed by atoms with van der Waals surface area (Å²) in [5, 5.41) is 9.60. The van der Waals surface area contributed by atoms with E-state index in [-0.39, 0.29) is 17.5 Å². The summed E-state index contributed by atoms with van der Waals surface area (Å²) >= 11 is 0. The minimum absolute atomic E-state index is 0.103. The Labute approximate surface area is 138 Å². The van der Waals surface area contributed by atoms with Gasteiger partial charge in [-0.1, -0.05) is 30.3 Å². The van der Waals surface area contributed by atoms with Crippen LogP contribution >= 0.6 is 0 Å². The highest BCUT2D eigenvalue weighted by atomic mass is 16.2. The predicted octanol–water partition coefficient (Wildman–Crippen LogP) is 1.41. The van der Waals surface area contributed by atoms with E-state index in [0.717, 1.165) is 11.3 Å². The molecule has 122 valence electrons. The van der Waals surface area contributed by atoms with Crippen LogP contribution in [0.4, 0.5) is 0 Å². The highest BCUT2D eigenvalue weighted by molar-refractivity contribution is 5.93. The number of hydrogen-bond acceptors (Lipinski definition) is 4. The molecule has 0 fully saturated rings. The molecule has 7 nitrogen and oxygen atoms in total. The van der Waals surface area contributed by atoms with Crippen molar-refractivity contribution in [2.45, 2.75) is 13.5 Å². The number of hydrogen-bond donors (Lipinski definition) is 2. The average molecular weight is 323 g/mol. The van der Waals surface area contributed by atoms with Crippen LogP contribution in [0.1, 0.15) is 21.9 Å². The van der Waals surface area contributed by atoms with E-state index in [2.05, 4.69) is 20.5 Å². The van der Waals surface area contributed by atoms with Gasteiger partial charge >= 0.3 is 0 Å². The van der Waals surface area contributed by atoms with Crippen LogP contribution < -0.4 is 10.7 Å². The Morgan fingerprint density at radius 3 is 2.79 bits per heavy atom. The van der Waals surface area contributed by atoms with Crippen molar-refractivity contribution in [3.8, 4) is 11.4 Å². The Hall–Kier alpha value is -3.22. The first-order chi connectivity index (χ1) is 11.5. The smallest absolute Gasteiger partial charge is 0.257 e. The van der Waals surface area contributed by atoms with E-state index < -0.39 is 5.91 Å². The minimum Gasteiger partial charge on any atom is -0.354 e. The van der Waals surface area contributed by atoms with Gasteiger partial charge in [0.1, 0.15) is 11.4 Å². The van der Waals surface area contributed by atoms with E-state index in [4.69, 9.17) is 0 Å². The monoisotopic (exact) mass is 323 g/mol. The van der Waals surface area contributed by atoms with Gasteiger partial charge in [0.2, 0.25) is 0 Å². The third-order valence-electron chi connectivity index (χ3n) is 3.71. The number of pyridine rings is 1. The van der Waals surface area contributed by atoms with Crippen molar-refractivity contribution >= 4 is 5.91 Å². The molecule has 0 unspecified atom stereocenters. The molecule has 1 aromatic carbocycles. The highest BCUT2D eigenvalue weighted by Crippen LogP contribution is 2.13. The number of rotatable bonds is 4. The molecule has 3 aromatic rings. The Morgan fingerprint density at radius 2 is 2.04 bits per heavy atom. The number of carbonyl (C=O) groups is 1. The van der Waals surface area contributed by atoms with Crippen LogP contribution in [0.2, 0.25) is 0 Å². The molecular formula is C17H17N5O2. The van der Waals surface area contributed by atoms with Crippen LogP contribution in [0.3, 0.4) is 0 Å². The predicted molar refractivity (Wildman–Crippen MR) is 89.4 cm³/mol. The molecular weight excluding hydrogens is 306 g/mol. The van der Waals surface area contributed by atoms with Crippen LogP contribution in [0.25, 0.3) is 11.4 Å². The van der Waals surface area contributed by atoms with E-state index in [9.17, 15) is 9.59 Å². The quantitative estimate of drug-likeness (QED) is 0.759. The summed E-state index contributed by atoms with van der Waals surface area (Å²) in [5.74, 6) is 0.644. The number of aromatic nitrogens is 4. The fraction of sp³-hybridized carbons (Fsp3) is 0.176. The number of nitrogens with one attached hydrogen (secondary N) is 2. The molecule has 1 amide bonds. The van der Waals surface area contributed by atoms with E-state index in [1.807, 2.05) is 37.3 Å². The van der Waals surface area contributed by atoms with Crippen LogP contribution in [-0.2, 0) is 13.6 Å². The Kier molecular flexibility index (Phi) is 4.24. The molecule has 0 bridgehead atoms. The summed E-state index contributed by atoms with van der Waals surface area (Å²) in [7, 11) is 1.79. The summed E-state index contributed by atoms with van der Waals surface area (Å²) in [4.78, 5) is 28.5. The first kappa shape index (κ1) is 15.7. The molecule has 0 saturated carbocycles. The van der Waals surface area contributed by atoms with Crippen LogP contribution in [0.5, 0.6) is 0 Å². The average Bonchev–Trinajstić information content (AvgIpc) is 3.06. The zero-order chi connectivity index (χ0) is 17.1. The molecule has 2 aromatic heterocycles. The Balaban J connectivity index is 1.70. The van der Waals surface area contributed by atoms with Gasteiger partial charge in [-0.3, -0.25) is 14.7 Å². The summed E-state index contributed by atoms with van der Waals surface area (Å²) in [6, 6.07) is 11.0. The Morgan fingerprint density at radius 1 is 1.29 bits per heavy atom. The third-order valence-corrected chi connectivity index (χ3v) is 3.71. The van der Waals surface area contributed by atoms with E-state index >= 15 is 0 Å². The molecule has 0 saturated heterocycles. The minimum atomic E-state index is -0.437. The number of amides is 1. The van der Waals surface area contributed by atoms with Gasteiger partial charge in [-0.2, -0.15) is 5.10 Å². The Bertz CT molecular complexity index is 928. The molecule has 2 N–H and O–H groups in total. The maximum absolute atomic E-state index is 12.2.